The number of amides is 2. The molecule has 0 spiro atoms. The van der Waals surface area contributed by atoms with Gasteiger partial charge in [-0.05, 0) is 35.0 Å². The minimum absolute atomic E-state index is 0.657. The van der Waals surface area contributed by atoms with Gasteiger partial charge in [0.15, 0.2) is 0 Å². The van der Waals surface area contributed by atoms with Crippen LogP contribution in [-0.2, 0) is 9.59 Å². The maximum Gasteiger partial charge on any atom is 0.314 e. The number of thiophene rings is 2. The fraction of sp³-hybridized carbons (Fsp3) is 0. The van der Waals surface area contributed by atoms with Crippen molar-refractivity contribution in [2.45, 2.75) is 0 Å². The number of carbonyl (C=O) groups is 2. The first-order valence-electron chi connectivity index (χ1n) is 4.45. The molecule has 2 heterocycles. The second-order valence-electron chi connectivity index (χ2n) is 2.86. The summed E-state index contributed by atoms with van der Waals surface area (Å²) in [7, 11) is 0. The molecule has 0 aliphatic carbocycles. The highest BCUT2D eigenvalue weighted by Crippen LogP contribution is 2.16. The molecule has 4 nitrogen and oxygen atoms in total. The first kappa shape index (κ1) is 10.8. The molecule has 2 aromatic heterocycles. The zero-order chi connectivity index (χ0) is 11.4. The predicted molar refractivity (Wildman–Crippen MR) is 65.9 cm³/mol. The van der Waals surface area contributed by atoms with E-state index in [2.05, 4.69) is 10.6 Å². The van der Waals surface area contributed by atoms with Crippen LogP contribution in [0.4, 0.5) is 10.0 Å². The average molecular weight is 252 g/mol. The quantitative estimate of drug-likeness (QED) is 0.806. The predicted octanol–water partition coefficient (Wildman–Crippen LogP) is 2.39. The van der Waals surface area contributed by atoms with Crippen LogP contribution >= 0.6 is 22.7 Å². The van der Waals surface area contributed by atoms with E-state index in [1.165, 1.54) is 22.7 Å². The van der Waals surface area contributed by atoms with E-state index >= 15 is 0 Å². The van der Waals surface area contributed by atoms with Gasteiger partial charge >= 0.3 is 11.8 Å². The SMILES string of the molecule is O=C(Nc1cccs1)C(=O)Nc1cccs1. The molecule has 2 aromatic rings. The molecule has 2 rings (SSSR count). The lowest BCUT2D eigenvalue weighted by Crippen LogP contribution is -2.28. The number of rotatable bonds is 2. The number of anilines is 2. The van der Waals surface area contributed by atoms with Gasteiger partial charge in [0.05, 0.1) is 10.0 Å². The second kappa shape index (κ2) is 4.91. The van der Waals surface area contributed by atoms with Gasteiger partial charge in [-0.3, -0.25) is 9.59 Å². The van der Waals surface area contributed by atoms with Crippen molar-refractivity contribution in [2.24, 2.45) is 0 Å². The summed E-state index contributed by atoms with van der Waals surface area (Å²) in [5.41, 5.74) is 0. The summed E-state index contributed by atoms with van der Waals surface area (Å²) in [5.74, 6) is -1.31. The van der Waals surface area contributed by atoms with Crippen molar-refractivity contribution >= 4 is 44.5 Å². The standard InChI is InChI=1S/C10H8N2O2S2/c13-9(11-7-3-1-5-15-7)10(14)12-8-4-2-6-16-8/h1-6H,(H,11,13)(H,12,14). The molecule has 82 valence electrons. The lowest BCUT2D eigenvalue weighted by Gasteiger charge is -2.02. The molecule has 0 saturated carbocycles. The van der Waals surface area contributed by atoms with Crippen molar-refractivity contribution < 1.29 is 9.59 Å². The third kappa shape index (κ3) is 2.68. The van der Waals surface area contributed by atoms with Crippen LogP contribution in [0.15, 0.2) is 35.0 Å². The molecule has 0 unspecified atom stereocenters. The van der Waals surface area contributed by atoms with Crippen LogP contribution < -0.4 is 10.6 Å². The molecule has 2 amide bonds. The summed E-state index contributed by atoms with van der Waals surface area (Å²) in [4.78, 5) is 22.8. The van der Waals surface area contributed by atoms with Crippen LogP contribution in [0.1, 0.15) is 0 Å². The fourth-order valence-electron chi connectivity index (χ4n) is 1.04. The molecule has 2 N–H and O–H groups in total. The van der Waals surface area contributed by atoms with Crippen LogP contribution in [0.25, 0.3) is 0 Å². The van der Waals surface area contributed by atoms with Crippen molar-refractivity contribution in [3.63, 3.8) is 0 Å². The van der Waals surface area contributed by atoms with Gasteiger partial charge in [-0.2, -0.15) is 0 Å². The highest BCUT2D eigenvalue weighted by molar-refractivity contribution is 7.14. The van der Waals surface area contributed by atoms with Crippen LogP contribution in [0.3, 0.4) is 0 Å². The molecule has 6 heteroatoms. The molecular formula is C10H8N2O2S2. The van der Waals surface area contributed by atoms with Crippen LogP contribution in [0.2, 0.25) is 0 Å². The maximum absolute atomic E-state index is 11.4. The summed E-state index contributed by atoms with van der Waals surface area (Å²) in [5, 5.41) is 9.98. The molecular weight excluding hydrogens is 244 g/mol. The van der Waals surface area contributed by atoms with E-state index in [4.69, 9.17) is 0 Å². The van der Waals surface area contributed by atoms with Gasteiger partial charge in [0, 0.05) is 0 Å². The lowest BCUT2D eigenvalue weighted by atomic mass is 10.5. The van der Waals surface area contributed by atoms with Gasteiger partial charge in [-0.15, -0.1) is 22.7 Å². The van der Waals surface area contributed by atoms with Crippen LogP contribution in [0.5, 0.6) is 0 Å². The monoisotopic (exact) mass is 252 g/mol. The average Bonchev–Trinajstić information content (AvgIpc) is 2.90. The fourth-order valence-corrected chi connectivity index (χ4v) is 2.26. The Bertz CT molecular complexity index is 431. The van der Waals surface area contributed by atoms with E-state index < -0.39 is 11.8 Å². The minimum Gasteiger partial charge on any atom is -0.309 e. The topological polar surface area (TPSA) is 58.2 Å². The third-order valence-electron chi connectivity index (χ3n) is 1.72. The van der Waals surface area contributed by atoms with Crippen molar-refractivity contribution in [3.05, 3.63) is 35.0 Å². The van der Waals surface area contributed by atoms with Gasteiger partial charge in [-0.1, -0.05) is 0 Å². The number of hydrogen-bond donors (Lipinski definition) is 2. The van der Waals surface area contributed by atoms with Crippen molar-refractivity contribution in [3.8, 4) is 0 Å². The highest BCUT2D eigenvalue weighted by atomic mass is 32.1. The van der Waals surface area contributed by atoms with E-state index in [1.807, 2.05) is 10.8 Å². The molecule has 0 fully saturated rings. The Morgan fingerprint density at radius 3 is 1.62 bits per heavy atom. The Morgan fingerprint density at radius 2 is 1.31 bits per heavy atom. The van der Waals surface area contributed by atoms with E-state index in [1.54, 1.807) is 24.3 Å². The number of hydrogen-bond acceptors (Lipinski definition) is 4. The molecule has 0 bridgehead atoms. The summed E-state index contributed by atoms with van der Waals surface area (Å²) in [6.07, 6.45) is 0. The Kier molecular flexibility index (Phi) is 3.33. The zero-order valence-corrected chi connectivity index (χ0v) is 9.73. The van der Waals surface area contributed by atoms with Gasteiger partial charge < -0.3 is 10.6 Å². The first-order chi connectivity index (χ1) is 7.75. The van der Waals surface area contributed by atoms with Gasteiger partial charge in [0.25, 0.3) is 0 Å². The van der Waals surface area contributed by atoms with Crippen LogP contribution in [0, 0.1) is 0 Å². The highest BCUT2D eigenvalue weighted by Gasteiger charge is 2.14. The first-order valence-corrected chi connectivity index (χ1v) is 6.21. The largest absolute Gasteiger partial charge is 0.314 e. The molecule has 0 saturated heterocycles. The Morgan fingerprint density at radius 1 is 0.875 bits per heavy atom. The van der Waals surface area contributed by atoms with E-state index in [0.29, 0.717) is 10.0 Å². The Hall–Kier alpha value is -1.66. The van der Waals surface area contributed by atoms with Crippen molar-refractivity contribution in [1.29, 1.82) is 0 Å². The smallest absolute Gasteiger partial charge is 0.309 e. The molecule has 0 radical (unpaired) electrons. The van der Waals surface area contributed by atoms with E-state index in [9.17, 15) is 9.59 Å². The molecule has 0 aliphatic rings. The molecule has 16 heavy (non-hydrogen) atoms. The Balaban J connectivity index is 1.92. The van der Waals surface area contributed by atoms with Gasteiger partial charge in [0.1, 0.15) is 0 Å². The maximum atomic E-state index is 11.4. The molecule has 0 aliphatic heterocycles. The second-order valence-corrected chi connectivity index (χ2v) is 4.76. The summed E-state index contributed by atoms with van der Waals surface area (Å²) in [6, 6.07) is 7.08. The molecule has 0 aromatic carbocycles. The number of carbonyl (C=O) groups excluding carboxylic acids is 2. The van der Waals surface area contributed by atoms with Crippen LogP contribution in [-0.4, -0.2) is 11.8 Å². The third-order valence-corrected chi connectivity index (χ3v) is 3.29. The normalized spacial score (nSPS) is 9.75. The summed E-state index contributed by atoms with van der Waals surface area (Å²) < 4.78 is 0. The van der Waals surface area contributed by atoms with E-state index in [0.717, 1.165) is 0 Å². The minimum atomic E-state index is -0.657. The lowest BCUT2D eigenvalue weighted by molar-refractivity contribution is -0.132. The number of nitrogens with one attached hydrogen (secondary N) is 2. The van der Waals surface area contributed by atoms with Crippen molar-refractivity contribution in [2.75, 3.05) is 10.6 Å². The summed E-state index contributed by atoms with van der Waals surface area (Å²) in [6.45, 7) is 0. The molecule has 0 atom stereocenters. The van der Waals surface area contributed by atoms with Gasteiger partial charge in [-0.25, -0.2) is 0 Å². The zero-order valence-electron chi connectivity index (χ0n) is 8.10. The summed E-state index contributed by atoms with van der Waals surface area (Å²) >= 11 is 2.73. The van der Waals surface area contributed by atoms with Crippen molar-refractivity contribution in [1.82, 2.24) is 0 Å². The Labute approximate surface area is 99.9 Å². The van der Waals surface area contributed by atoms with E-state index in [-0.39, 0.29) is 0 Å². The van der Waals surface area contributed by atoms with Gasteiger partial charge in [0.2, 0.25) is 0 Å².